The van der Waals surface area contributed by atoms with E-state index in [0.29, 0.717) is 15.2 Å². The number of hydrogen-bond acceptors (Lipinski definition) is 0. The Morgan fingerprint density at radius 2 is 0.889 bits per heavy atom. The zero-order chi connectivity index (χ0) is 13.1. The van der Waals surface area contributed by atoms with E-state index in [2.05, 4.69) is 55.4 Å². The normalized spacial score (nSPS) is 9.11. The molecule has 0 spiro atoms. The molecular weight excluding hydrogens is 293 g/mol. The van der Waals surface area contributed by atoms with Gasteiger partial charge in [0.2, 0.25) is 0 Å². The molecule has 0 amide bonds. The van der Waals surface area contributed by atoms with Gasteiger partial charge in [0.05, 0.1) is 0 Å². The van der Waals surface area contributed by atoms with Crippen LogP contribution in [0.5, 0.6) is 0 Å². The van der Waals surface area contributed by atoms with Crippen molar-refractivity contribution in [3.63, 3.8) is 0 Å². The van der Waals surface area contributed by atoms with Gasteiger partial charge in [-0.05, 0) is 0 Å². The quantitative estimate of drug-likeness (QED) is 0.561. The van der Waals surface area contributed by atoms with Crippen LogP contribution in [0.3, 0.4) is 0 Å². The van der Waals surface area contributed by atoms with E-state index in [9.17, 15) is 0 Å². The second-order valence-corrected chi connectivity index (χ2v) is 10.8. The minimum absolute atomic E-state index is 0. The fourth-order valence-corrected chi connectivity index (χ4v) is 4.60. The van der Waals surface area contributed by atoms with Crippen LogP contribution in [0.25, 0.3) is 0 Å². The predicted octanol–water partition coefficient (Wildman–Crippen LogP) is -0.806. The fourth-order valence-electron chi connectivity index (χ4n) is 1.53. The van der Waals surface area contributed by atoms with Crippen LogP contribution in [-0.4, -0.2) is 30.4 Å². The summed E-state index contributed by atoms with van der Waals surface area (Å²) in [5.74, 6) is 1.86. The monoisotopic (exact) mass is 324 g/mol. The van der Waals surface area contributed by atoms with Crippen molar-refractivity contribution in [3.05, 3.63) is 0 Å². The Kier molecular flexibility index (Phi) is 28.9. The van der Waals surface area contributed by atoms with Gasteiger partial charge in [0.1, 0.15) is 0 Å². The maximum absolute atomic E-state index is 2.31. The first kappa shape index (κ1) is 27.9. The van der Waals surface area contributed by atoms with Crippen molar-refractivity contribution in [2.45, 2.75) is 75.5 Å². The molecule has 0 aromatic heterocycles. The molecule has 18 heavy (non-hydrogen) atoms. The summed E-state index contributed by atoms with van der Waals surface area (Å²) in [6, 6.07) is 0. The van der Waals surface area contributed by atoms with Crippen LogP contribution in [0.1, 0.15) is 55.4 Å². The Morgan fingerprint density at radius 3 is 1.00 bits per heavy atom. The molecule has 0 bridgehead atoms. The van der Waals surface area contributed by atoms with Crippen LogP contribution in [0.15, 0.2) is 0 Å². The molecule has 4 heteroatoms. The Balaban J connectivity index is -0.000000100. The minimum atomic E-state index is 0. The van der Waals surface area contributed by atoms with Gasteiger partial charge in [-0.25, -0.2) is 0 Å². The van der Waals surface area contributed by atoms with Crippen molar-refractivity contribution >= 4 is 30.4 Å². The molecule has 0 radical (unpaired) electrons. The summed E-state index contributed by atoms with van der Waals surface area (Å²) in [5, 5.41) is 2.97. The topological polar surface area (TPSA) is 0 Å². The third kappa shape index (κ3) is 36.1. The molecule has 0 aromatic rings. The number of rotatable bonds is 6. The molecule has 0 nitrogen and oxygen atoms in total. The van der Waals surface area contributed by atoms with Gasteiger partial charge < -0.3 is 24.8 Å². The maximum atomic E-state index is 2.31. The summed E-state index contributed by atoms with van der Waals surface area (Å²) in [7, 11) is 0. The van der Waals surface area contributed by atoms with Gasteiger partial charge in [-0.15, -0.1) is 0 Å². The second-order valence-electron chi connectivity index (χ2n) is 6.23. The van der Waals surface area contributed by atoms with Gasteiger partial charge in [0.15, 0.2) is 0 Å². The molecule has 0 fully saturated rings. The van der Waals surface area contributed by atoms with Gasteiger partial charge in [-0.3, -0.25) is 0 Å². The van der Waals surface area contributed by atoms with Crippen LogP contribution in [0.2, 0.25) is 20.1 Å². The molecular formula is C14H32Al2Cl2. The van der Waals surface area contributed by atoms with E-state index in [1.807, 2.05) is 0 Å². The molecule has 0 saturated heterocycles. The molecule has 0 N–H and O–H groups in total. The fraction of sp³-hybridized carbons (Fsp3) is 1.00. The molecule has 0 heterocycles. The molecule has 108 valence electrons. The molecule has 0 rings (SSSR count). The Hall–Kier alpha value is 1.64. The van der Waals surface area contributed by atoms with Crippen LogP contribution >= 0.6 is 0 Å². The standard InChI is InChI=1S/2C4H9.2C3H7.2Al.2ClH/c2*1-4(2)3;2*1-3-2;;;;/h2*4H,1H2,2-3H3;2*3H,1-2H3;;;2*1H/q;;;;2*+1;;/p-2. The van der Waals surface area contributed by atoms with Gasteiger partial charge in [0, 0.05) is 0 Å². The van der Waals surface area contributed by atoms with Crippen molar-refractivity contribution in [2.24, 2.45) is 11.8 Å². The van der Waals surface area contributed by atoms with E-state index in [-0.39, 0.29) is 24.8 Å². The molecule has 0 aliphatic rings. The zero-order valence-corrected chi connectivity index (χ0v) is 17.5. The van der Waals surface area contributed by atoms with Crippen LogP contribution in [0, 0.1) is 11.8 Å². The third-order valence-corrected chi connectivity index (χ3v) is 6.14. The van der Waals surface area contributed by atoms with Gasteiger partial charge in [-0.1, -0.05) is 0 Å². The summed E-state index contributed by atoms with van der Waals surface area (Å²) >= 11 is 1.47. The zero-order valence-electron chi connectivity index (χ0n) is 13.6. The predicted molar refractivity (Wildman–Crippen MR) is 81.0 cm³/mol. The first-order valence-electron chi connectivity index (χ1n) is 6.92. The van der Waals surface area contributed by atoms with Crippen molar-refractivity contribution in [2.75, 3.05) is 0 Å². The average molecular weight is 325 g/mol. The van der Waals surface area contributed by atoms with Crippen LogP contribution < -0.4 is 24.8 Å². The molecule has 0 saturated carbocycles. The van der Waals surface area contributed by atoms with Crippen molar-refractivity contribution < 1.29 is 24.8 Å². The number of halogens is 2. The second kappa shape index (κ2) is 18.6. The van der Waals surface area contributed by atoms with E-state index in [1.54, 1.807) is 0 Å². The van der Waals surface area contributed by atoms with Gasteiger partial charge in [0.25, 0.3) is 0 Å². The molecule has 0 aliphatic heterocycles. The SMILES string of the molecule is CC(C)[CH2][Al+][CH2]C(C)C.C[CH](C)[Al+][CH](C)C.[Cl-].[Cl-]. The summed E-state index contributed by atoms with van der Waals surface area (Å²) in [6.07, 6.45) is 0. The Bertz CT molecular complexity index is 124. The maximum Gasteiger partial charge on any atom is -1.00 e. The summed E-state index contributed by atoms with van der Waals surface area (Å²) in [6.45, 7) is 18.5. The van der Waals surface area contributed by atoms with E-state index >= 15 is 0 Å². The Labute approximate surface area is 142 Å². The van der Waals surface area contributed by atoms with E-state index in [1.165, 1.54) is 10.6 Å². The van der Waals surface area contributed by atoms with Gasteiger partial charge >= 0.3 is 118 Å². The van der Waals surface area contributed by atoms with Crippen molar-refractivity contribution in [1.82, 2.24) is 0 Å². The third-order valence-electron chi connectivity index (χ3n) is 2.05. The molecule has 0 atom stereocenters. The van der Waals surface area contributed by atoms with Crippen molar-refractivity contribution in [3.8, 4) is 0 Å². The number of hydrogen-bond donors (Lipinski definition) is 0. The van der Waals surface area contributed by atoms with Gasteiger partial charge in [-0.2, -0.15) is 0 Å². The van der Waals surface area contributed by atoms with Crippen LogP contribution in [0.4, 0.5) is 0 Å². The van der Waals surface area contributed by atoms with Crippen LogP contribution in [-0.2, 0) is 0 Å². The van der Waals surface area contributed by atoms with E-state index < -0.39 is 0 Å². The smallest absolute Gasteiger partial charge is 1.00 e. The average Bonchev–Trinajstić information content (AvgIpc) is 2.00. The van der Waals surface area contributed by atoms with Crippen molar-refractivity contribution in [1.29, 1.82) is 0 Å². The summed E-state index contributed by atoms with van der Waals surface area (Å²) in [5.41, 5.74) is 0. The van der Waals surface area contributed by atoms with E-state index in [4.69, 9.17) is 0 Å². The summed E-state index contributed by atoms with van der Waals surface area (Å²) in [4.78, 5) is 0. The molecule has 0 aliphatic carbocycles. The summed E-state index contributed by atoms with van der Waals surface area (Å²) < 4.78 is 1.92. The minimum Gasteiger partial charge on any atom is -1.00 e. The molecule has 0 unspecified atom stereocenters. The first-order valence-corrected chi connectivity index (χ1v) is 9.88. The molecule has 0 aromatic carbocycles. The Morgan fingerprint density at radius 1 is 0.611 bits per heavy atom. The van der Waals surface area contributed by atoms with E-state index in [0.717, 1.165) is 36.6 Å². The largest absolute Gasteiger partial charge is 1.00 e. The first-order chi connectivity index (χ1) is 7.25.